The number of aromatic hydroxyl groups is 1. The number of piperazine rings is 1. The van der Waals surface area contributed by atoms with E-state index in [9.17, 15) is 15.0 Å². The normalized spacial score (nSPS) is 25.5. The smallest absolute Gasteiger partial charge is 0.254 e. The highest BCUT2D eigenvalue weighted by Crippen LogP contribution is 2.40. The molecule has 4 aliphatic rings. The molecule has 0 aliphatic carbocycles. The molecule has 4 aliphatic heterocycles. The van der Waals surface area contributed by atoms with Crippen molar-refractivity contribution in [2.75, 3.05) is 75.7 Å². The second kappa shape index (κ2) is 11.9. The number of hydrogen-bond acceptors (Lipinski definition) is 12. The van der Waals surface area contributed by atoms with Crippen molar-refractivity contribution < 1.29 is 24.3 Å². The summed E-state index contributed by atoms with van der Waals surface area (Å²) in [5, 5.41) is 36.4. The van der Waals surface area contributed by atoms with Crippen LogP contribution >= 0.6 is 0 Å². The van der Waals surface area contributed by atoms with Crippen LogP contribution in [-0.4, -0.2) is 129 Å². The summed E-state index contributed by atoms with van der Waals surface area (Å²) in [6, 6.07) is 11.5. The van der Waals surface area contributed by atoms with Crippen molar-refractivity contribution in [3.05, 3.63) is 42.2 Å². The van der Waals surface area contributed by atoms with Gasteiger partial charge >= 0.3 is 0 Å². The van der Waals surface area contributed by atoms with Crippen molar-refractivity contribution in [1.29, 1.82) is 0 Å². The van der Waals surface area contributed by atoms with Crippen LogP contribution in [0.2, 0.25) is 0 Å². The standard InChI is InChI=1S/C31H40N8O5/c1-31-19-32-30-26(16-25(33-34-30)24-4-2-3-5-27(24)41)39(31)11-10-38(20-31)21-6-8-36(17-21)12-13-43-28-14-23(44-35-28)15-29(42)37-9-7-22(40)18-37/h2-5,14,16,21-22,40-41H,6-13,15,17-20H2,1H3,(H,32,34)/t21?,22-,31?/m1/s1. The van der Waals surface area contributed by atoms with Crippen LogP contribution in [0.15, 0.2) is 40.9 Å². The highest BCUT2D eigenvalue weighted by molar-refractivity contribution is 5.79. The third-order valence-electron chi connectivity index (χ3n) is 9.49. The van der Waals surface area contributed by atoms with Crippen LogP contribution in [0.4, 0.5) is 11.5 Å². The van der Waals surface area contributed by atoms with Gasteiger partial charge in [-0.25, -0.2) is 0 Å². The first-order chi connectivity index (χ1) is 21.3. The number of β-amino-alcohol motifs (C(OH)–C–C–N with tert-alkyl or cyclic N) is 1. The van der Waals surface area contributed by atoms with Crippen molar-refractivity contribution in [3.63, 3.8) is 0 Å². The Morgan fingerprint density at radius 3 is 2.86 bits per heavy atom. The van der Waals surface area contributed by atoms with E-state index in [2.05, 4.69) is 42.3 Å². The minimum atomic E-state index is -0.437. The molecule has 13 nitrogen and oxygen atoms in total. The molecule has 6 heterocycles. The van der Waals surface area contributed by atoms with Gasteiger partial charge in [-0.3, -0.25) is 14.6 Å². The van der Waals surface area contributed by atoms with Gasteiger partial charge in [-0.1, -0.05) is 12.1 Å². The maximum Gasteiger partial charge on any atom is 0.254 e. The number of likely N-dealkylation sites (tertiary alicyclic amines) is 2. The SMILES string of the molecule is CC12CNc3nnc(-c4ccccc4O)cc3N1CCN(C1CCN(CCOc3cc(CC(=O)N4CC[C@@H](O)C4)on3)C1)C2. The van der Waals surface area contributed by atoms with Crippen LogP contribution in [0, 0.1) is 0 Å². The lowest BCUT2D eigenvalue weighted by Gasteiger charge is -2.54. The van der Waals surface area contributed by atoms with Gasteiger partial charge in [0.05, 0.1) is 29.4 Å². The Morgan fingerprint density at radius 2 is 2.02 bits per heavy atom. The van der Waals surface area contributed by atoms with Crippen molar-refractivity contribution >= 4 is 17.4 Å². The first-order valence-corrected chi connectivity index (χ1v) is 15.5. The number of carbonyl (C=O) groups excluding carboxylic acids is 1. The van der Waals surface area contributed by atoms with E-state index in [0.717, 1.165) is 63.7 Å². The number of benzene rings is 1. The van der Waals surface area contributed by atoms with E-state index in [4.69, 9.17) is 9.26 Å². The van der Waals surface area contributed by atoms with Crippen LogP contribution < -0.4 is 15.0 Å². The molecular formula is C31H40N8O5. The predicted octanol–water partition coefficient (Wildman–Crippen LogP) is 1.43. The van der Waals surface area contributed by atoms with Gasteiger partial charge in [-0.05, 0) is 49.7 Å². The molecule has 0 spiro atoms. The molecule has 3 fully saturated rings. The number of hydrogen-bond donors (Lipinski definition) is 3. The number of phenols is 1. The zero-order chi connectivity index (χ0) is 30.3. The number of aliphatic hydroxyl groups excluding tert-OH is 1. The molecule has 44 heavy (non-hydrogen) atoms. The molecule has 0 bridgehead atoms. The van der Waals surface area contributed by atoms with Gasteiger partial charge in [0.15, 0.2) is 5.82 Å². The van der Waals surface area contributed by atoms with Crippen LogP contribution in [0.5, 0.6) is 11.6 Å². The highest BCUT2D eigenvalue weighted by atomic mass is 16.5. The van der Waals surface area contributed by atoms with Gasteiger partial charge in [-0.15, -0.1) is 10.2 Å². The molecule has 3 N–H and O–H groups in total. The lowest BCUT2D eigenvalue weighted by atomic mass is 9.91. The summed E-state index contributed by atoms with van der Waals surface area (Å²) in [5.41, 5.74) is 2.29. The molecule has 0 radical (unpaired) electrons. The lowest BCUT2D eigenvalue weighted by molar-refractivity contribution is -0.130. The number of nitrogens with zero attached hydrogens (tertiary/aromatic N) is 7. The van der Waals surface area contributed by atoms with Crippen molar-refractivity contribution in [3.8, 4) is 22.9 Å². The van der Waals surface area contributed by atoms with Crippen LogP contribution in [-0.2, 0) is 11.2 Å². The van der Waals surface area contributed by atoms with E-state index in [0.29, 0.717) is 55.1 Å². The topological polar surface area (TPSA) is 144 Å². The number of amides is 1. The predicted molar refractivity (Wildman–Crippen MR) is 163 cm³/mol. The first kappa shape index (κ1) is 28.8. The van der Waals surface area contributed by atoms with E-state index >= 15 is 0 Å². The Balaban J connectivity index is 0.903. The number of nitrogens with one attached hydrogen (secondary N) is 1. The van der Waals surface area contributed by atoms with Crippen LogP contribution in [0.25, 0.3) is 11.3 Å². The Morgan fingerprint density at radius 1 is 1.14 bits per heavy atom. The molecule has 3 saturated heterocycles. The van der Waals surface area contributed by atoms with Gasteiger partial charge in [0, 0.05) is 70.0 Å². The number of para-hydroxylation sites is 1. The summed E-state index contributed by atoms with van der Waals surface area (Å²) in [4.78, 5) is 21.6. The Hall–Kier alpha value is -3.94. The van der Waals surface area contributed by atoms with Crippen molar-refractivity contribution in [1.82, 2.24) is 30.1 Å². The summed E-state index contributed by atoms with van der Waals surface area (Å²) in [6.45, 7) is 10.2. The molecular weight excluding hydrogens is 564 g/mol. The number of ether oxygens (including phenoxy) is 1. The zero-order valence-corrected chi connectivity index (χ0v) is 25.1. The molecule has 2 aromatic heterocycles. The lowest BCUT2D eigenvalue weighted by Crippen LogP contribution is -2.67. The number of carbonyl (C=O) groups is 1. The van der Waals surface area contributed by atoms with E-state index in [-0.39, 0.29) is 23.6 Å². The molecule has 2 unspecified atom stereocenters. The van der Waals surface area contributed by atoms with Gasteiger partial charge in [0.1, 0.15) is 18.1 Å². The van der Waals surface area contributed by atoms with Crippen molar-refractivity contribution in [2.45, 2.75) is 43.9 Å². The fourth-order valence-corrected chi connectivity index (χ4v) is 7.05. The average molecular weight is 605 g/mol. The third-order valence-corrected chi connectivity index (χ3v) is 9.49. The number of anilines is 2. The fraction of sp³-hybridized carbons (Fsp3) is 0.548. The number of aromatic nitrogens is 3. The van der Waals surface area contributed by atoms with Gasteiger partial charge in [0.2, 0.25) is 5.91 Å². The molecule has 1 aromatic carbocycles. The number of aliphatic hydroxyl groups is 1. The van der Waals surface area contributed by atoms with Gasteiger partial charge in [0.25, 0.3) is 5.88 Å². The molecule has 3 aromatic rings. The second-order valence-corrected chi connectivity index (χ2v) is 12.6. The molecule has 13 heteroatoms. The van der Waals surface area contributed by atoms with E-state index < -0.39 is 6.10 Å². The van der Waals surface area contributed by atoms with Crippen LogP contribution in [0.1, 0.15) is 25.5 Å². The summed E-state index contributed by atoms with van der Waals surface area (Å²) in [5.74, 6) is 1.79. The fourth-order valence-electron chi connectivity index (χ4n) is 7.05. The summed E-state index contributed by atoms with van der Waals surface area (Å²) < 4.78 is 11.2. The first-order valence-electron chi connectivity index (χ1n) is 15.5. The molecule has 0 saturated carbocycles. The quantitative estimate of drug-likeness (QED) is 0.342. The molecule has 3 atom stereocenters. The molecule has 7 rings (SSSR count). The summed E-state index contributed by atoms with van der Waals surface area (Å²) in [6.07, 6.45) is 1.42. The number of phenolic OH excluding ortho intramolecular Hbond substituents is 1. The van der Waals surface area contributed by atoms with E-state index in [1.807, 2.05) is 18.2 Å². The Labute approximate surface area is 256 Å². The number of rotatable bonds is 8. The monoisotopic (exact) mass is 604 g/mol. The summed E-state index contributed by atoms with van der Waals surface area (Å²) in [7, 11) is 0. The third kappa shape index (κ3) is 5.78. The highest BCUT2D eigenvalue weighted by Gasteiger charge is 2.44. The van der Waals surface area contributed by atoms with Gasteiger partial charge in [-0.2, -0.15) is 0 Å². The van der Waals surface area contributed by atoms with Crippen molar-refractivity contribution in [2.24, 2.45) is 0 Å². The largest absolute Gasteiger partial charge is 0.507 e. The maximum absolute atomic E-state index is 12.4. The summed E-state index contributed by atoms with van der Waals surface area (Å²) >= 11 is 0. The molecule has 1 amide bonds. The maximum atomic E-state index is 12.4. The average Bonchev–Trinajstić information content (AvgIpc) is 3.78. The Bertz CT molecular complexity index is 1500. The second-order valence-electron chi connectivity index (χ2n) is 12.6. The minimum absolute atomic E-state index is 0.0684. The van der Waals surface area contributed by atoms with E-state index in [1.165, 1.54) is 0 Å². The minimum Gasteiger partial charge on any atom is -0.507 e. The Kier molecular flexibility index (Phi) is 7.77. The van der Waals surface area contributed by atoms with Crippen LogP contribution in [0.3, 0.4) is 0 Å². The number of fused-ring (bicyclic) bond motifs is 3. The zero-order valence-electron chi connectivity index (χ0n) is 25.1. The van der Waals surface area contributed by atoms with E-state index in [1.54, 1.807) is 23.1 Å². The molecule has 234 valence electrons. The van der Waals surface area contributed by atoms with Gasteiger partial charge < -0.3 is 34.6 Å².